The van der Waals surface area contributed by atoms with Gasteiger partial charge in [0.1, 0.15) is 17.5 Å². The van der Waals surface area contributed by atoms with E-state index in [4.69, 9.17) is 4.74 Å². The number of aromatic nitrogens is 3. The lowest BCUT2D eigenvalue weighted by atomic mass is 10.2. The molecule has 0 aliphatic carbocycles. The summed E-state index contributed by atoms with van der Waals surface area (Å²) in [4.78, 5) is 27.6. The molecule has 0 aliphatic heterocycles. The lowest BCUT2D eigenvalue weighted by Gasteiger charge is -2.18. The molecule has 0 fully saturated rings. The highest BCUT2D eigenvalue weighted by molar-refractivity contribution is 5.94. The number of amides is 1. The van der Waals surface area contributed by atoms with Gasteiger partial charge in [0.15, 0.2) is 0 Å². The maximum absolute atomic E-state index is 12.5. The molecule has 0 saturated carbocycles. The topological polar surface area (TPSA) is 80.2 Å². The molecule has 1 atom stereocenters. The van der Waals surface area contributed by atoms with E-state index in [9.17, 15) is 4.79 Å². The van der Waals surface area contributed by atoms with Crippen LogP contribution in [0.1, 0.15) is 28.7 Å². The van der Waals surface area contributed by atoms with E-state index in [0.717, 1.165) is 34.5 Å². The van der Waals surface area contributed by atoms with Crippen molar-refractivity contribution in [2.24, 2.45) is 0 Å². The van der Waals surface area contributed by atoms with Crippen LogP contribution >= 0.6 is 0 Å². The van der Waals surface area contributed by atoms with Crippen molar-refractivity contribution in [3.8, 4) is 5.75 Å². The van der Waals surface area contributed by atoms with Gasteiger partial charge in [0.2, 0.25) is 0 Å². The standard InChI is InChI=1S/C26H27N5O2/c1-19(15-29-26(32)25-11-10-21-7-3-4-9-24(21)30-25)33-23-8-5-6-20(14-23)17-31(2)18-22-16-27-12-13-28-22/h3-14,16,19H,15,17-18H2,1-2H3,(H,29,32). The minimum Gasteiger partial charge on any atom is -0.489 e. The summed E-state index contributed by atoms with van der Waals surface area (Å²) in [5.41, 5.74) is 3.26. The van der Waals surface area contributed by atoms with E-state index < -0.39 is 0 Å². The Morgan fingerprint density at radius 3 is 2.79 bits per heavy atom. The van der Waals surface area contributed by atoms with Crippen molar-refractivity contribution in [1.29, 1.82) is 0 Å². The third-order valence-electron chi connectivity index (χ3n) is 5.12. The highest BCUT2D eigenvalue weighted by atomic mass is 16.5. The minimum absolute atomic E-state index is 0.193. The second kappa shape index (κ2) is 10.7. The molecular formula is C26H27N5O2. The first-order valence-electron chi connectivity index (χ1n) is 10.9. The number of pyridine rings is 1. The average molecular weight is 442 g/mol. The smallest absolute Gasteiger partial charge is 0.270 e. The van der Waals surface area contributed by atoms with Gasteiger partial charge >= 0.3 is 0 Å². The van der Waals surface area contributed by atoms with Crippen LogP contribution in [-0.4, -0.2) is 45.5 Å². The summed E-state index contributed by atoms with van der Waals surface area (Å²) in [6.45, 7) is 3.78. The number of carbonyl (C=O) groups is 1. The summed E-state index contributed by atoms with van der Waals surface area (Å²) in [7, 11) is 2.04. The SMILES string of the molecule is CC(CNC(=O)c1ccc2ccccc2n1)Oc1cccc(CN(C)Cc2cnccn2)c1. The molecule has 2 aromatic heterocycles. The van der Waals surface area contributed by atoms with Gasteiger partial charge in [-0.1, -0.05) is 36.4 Å². The number of fused-ring (bicyclic) bond motifs is 1. The Morgan fingerprint density at radius 1 is 1.06 bits per heavy atom. The molecule has 1 amide bonds. The van der Waals surface area contributed by atoms with Crippen molar-refractivity contribution in [3.05, 3.63) is 96.2 Å². The molecular weight excluding hydrogens is 414 g/mol. The monoisotopic (exact) mass is 441 g/mol. The van der Waals surface area contributed by atoms with E-state index >= 15 is 0 Å². The van der Waals surface area contributed by atoms with Gasteiger partial charge in [-0.3, -0.25) is 19.7 Å². The zero-order valence-corrected chi connectivity index (χ0v) is 18.8. The highest BCUT2D eigenvalue weighted by Crippen LogP contribution is 2.17. The summed E-state index contributed by atoms with van der Waals surface area (Å²) < 4.78 is 6.04. The van der Waals surface area contributed by atoms with Crippen LogP contribution in [0.2, 0.25) is 0 Å². The number of benzene rings is 2. The normalized spacial score (nSPS) is 12.0. The summed E-state index contributed by atoms with van der Waals surface area (Å²) in [6.07, 6.45) is 4.96. The largest absolute Gasteiger partial charge is 0.489 e. The number of para-hydroxylation sites is 1. The number of hydrogen-bond acceptors (Lipinski definition) is 6. The Kier molecular flexibility index (Phi) is 7.22. The molecule has 0 radical (unpaired) electrons. The van der Waals surface area contributed by atoms with Crippen LogP contribution in [-0.2, 0) is 13.1 Å². The zero-order valence-electron chi connectivity index (χ0n) is 18.8. The average Bonchev–Trinajstić information content (AvgIpc) is 2.83. The molecule has 2 aromatic carbocycles. The fraction of sp³-hybridized carbons (Fsp3) is 0.231. The predicted octanol–water partition coefficient (Wildman–Crippen LogP) is 3.85. The van der Waals surface area contributed by atoms with E-state index in [1.54, 1.807) is 24.7 Å². The molecule has 0 bridgehead atoms. The minimum atomic E-state index is -0.212. The molecule has 4 rings (SSSR count). The van der Waals surface area contributed by atoms with E-state index in [1.165, 1.54) is 0 Å². The van der Waals surface area contributed by atoms with E-state index in [1.807, 2.05) is 62.5 Å². The second-order valence-corrected chi connectivity index (χ2v) is 8.04. The van der Waals surface area contributed by atoms with Crippen LogP contribution < -0.4 is 10.1 Å². The molecule has 0 spiro atoms. The van der Waals surface area contributed by atoms with Gasteiger partial charge in [0.05, 0.1) is 17.8 Å². The van der Waals surface area contributed by atoms with Crippen LogP contribution in [0.3, 0.4) is 0 Å². The molecule has 0 aliphatic rings. The van der Waals surface area contributed by atoms with Gasteiger partial charge in [-0.15, -0.1) is 0 Å². The van der Waals surface area contributed by atoms with Crippen molar-refractivity contribution in [1.82, 2.24) is 25.2 Å². The Morgan fingerprint density at radius 2 is 1.94 bits per heavy atom. The molecule has 1 N–H and O–H groups in total. The van der Waals surface area contributed by atoms with Gasteiger partial charge in [-0.05, 0) is 43.8 Å². The van der Waals surface area contributed by atoms with Crippen LogP contribution in [0.25, 0.3) is 10.9 Å². The van der Waals surface area contributed by atoms with Crippen molar-refractivity contribution in [2.45, 2.75) is 26.1 Å². The van der Waals surface area contributed by atoms with E-state index in [2.05, 4.69) is 31.2 Å². The van der Waals surface area contributed by atoms with Gasteiger partial charge in [0.25, 0.3) is 5.91 Å². The number of nitrogens with zero attached hydrogens (tertiary/aromatic N) is 4. The van der Waals surface area contributed by atoms with E-state index in [0.29, 0.717) is 18.8 Å². The first-order valence-corrected chi connectivity index (χ1v) is 10.9. The Hall–Kier alpha value is -3.84. The summed E-state index contributed by atoms with van der Waals surface area (Å²) >= 11 is 0. The lowest BCUT2D eigenvalue weighted by Crippen LogP contribution is -2.34. The summed E-state index contributed by atoms with van der Waals surface area (Å²) in [6, 6.07) is 19.4. The van der Waals surface area contributed by atoms with Crippen LogP contribution in [0, 0.1) is 0 Å². The molecule has 0 saturated heterocycles. The number of nitrogens with one attached hydrogen (secondary N) is 1. The van der Waals surface area contributed by atoms with Gasteiger partial charge in [0, 0.05) is 37.1 Å². The maximum atomic E-state index is 12.5. The van der Waals surface area contributed by atoms with Gasteiger partial charge in [-0.2, -0.15) is 0 Å². The zero-order chi connectivity index (χ0) is 23.0. The van der Waals surface area contributed by atoms with Crippen molar-refractivity contribution >= 4 is 16.8 Å². The van der Waals surface area contributed by atoms with E-state index in [-0.39, 0.29) is 12.0 Å². The third-order valence-corrected chi connectivity index (χ3v) is 5.12. The number of rotatable bonds is 9. The predicted molar refractivity (Wildman–Crippen MR) is 128 cm³/mol. The highest BCUT2D eigenvalue weighted by Gasteiger charge is 2.11. The molecule has 1 unspecified atom stereocenters. The quantitative estimate of drug-likeness (QED) is 0.425. The van der Waals surface area contributed by atoms with Crippen LogP contribution in [0.5, 0.6) is 5.75 Å². The maximum Gasteiger partial charge on any atom is 0.270 e. The van der Waals surface area contributed by atoms with Crippen molar-refractivity contribution < 1.29 is 9.53 Å². The molecule has 7 heteroatoms. The Balaban J connectivity index is 1.29. The molecule has 4 aromatic rings. The Labute approximate surface area is 193 Å². The summed E-state index contributed by atoms with van der Waals surface area (Å²) in [5.74, 6) is 0.557. The van der Waals surface area contributed by atoms with Crippen molar-refractivity contribution in [3.63, 3.8) is 0 Å². The molecule has 33 heavy (non-hydrogen) atoms. The van der Waals surface area contributed by atoms with Crippen molar-refractivity contribution in [2.75, 3.05) is 13.6 Å². The fourth-order valence-electron chi connectivity index (χ4n) is 3.57. The second-order valence-electron chi connectivity index (χ2n) is 8.04. The van der Waals surface area contributed by atoms with Crippen LogP contribution in [0.15, 0.2) is 79.3 Å². The van der Waals surface area contributed by atoms with Gasteiger partial charge in [-0.25, -0.2) is 4.98 Å². The first kappa shape index (κ1) is 22.4. The molecule has 2 heterocycles. The number of hydrogen-bond donors (Lipinski definition) is 1. The van der Waals surface area contributed by atoms with Gasteiger partial charge < -0.3 is 10.1 Å². The number of ether oxygens (including phenoxy) is 1. The molecule has 168 valence electrons. The third kappa shape index (κ3) is 6.33. The summed E-state index contributed by atoms with van der Waals surface area (Å²) in [5, 5.41) is 3.92. The lowest BCUT2D eigenvalue weighted by molar-refractivity contribution is 0.0927. The first-order chi connectivity index (χ1) is 16.1. The fourth-order valence-corrected chi connectivity index (χ4v) is 3.57. The molecule has 7 nitrogen and oxygen atoms in total. The number of carbonyl (C=O) groups excluding carboxylic acids is 1. The Bertz CT molecular complexity index is 1220. The van der Waals surface area contributed by atoms with Crippen LogP contribution in [0.4, 0.5) is 0 Å².